The number of aliphatic hydroxyl groups is 1. The summed E-state index contributed by atoms with van der Waals surface area (Å²) in [6, 6.07) is 3.70. The molecular formula is C9H8N2O2S. The number of carbonyl (C=O) groups is 1. The Balaban J connectivity index is 2.32. The summed E-state index contributed by atoms with van der Waals surface area (Å²) in [5, 5.41) is 20.5. The van der Waals surface area contributed by atoms with Crippen LogP contribution in [0.3, 0.4) is 0 Å². The second kappa shape index (κ2) is 3.40. The molecule has 1 unspecified atom stereocenters. The van der Waals surface area contributed by atoms with Gasteiger partial charge < -0.3 is 5.11 Å². The molecule has 0 radical (unpaired) electrons. The van der Waals surface area contributed by atoms with Gasteiger partial charge in [-0.2, -0.15) is 5.26 Å². The summed E-state index contributed by atoms with van der Waals surface area (Å²) in [6.45, 7) is 0.300. The number of carbonyl (C=O) groups excluding carboxylic acids is 1. The third kappa shape index (κ3) is 1.39. The van der Waals surface area contributed by atoms with Gasteiger partial charge in [-0.05, 0) is 11.4 Å². The van der Waals surface area contributed by atoms with Crippen molar-refractivity contribution in [2.24, 2.45) is 0 Å². The normalized spacial score (nSPS) is 21.3. The number of nitriles is 1. The van der Waals surface area contributed by atoms with Crippen molar-refractivity contribution in [3.63, 3.8) is 0 Å². The quantitative estimate of drug-likeness (QED) is 0.739. The van der Waals surface area contributed by atoms with Crippen LogP contribution in [0, 0.1) is 11.3 Å². The van der Waals surface area contributed by atoms with Gasteiger partial charge in [-0.15, -0.1) is 11.3 Å². The second-order valence-corrected chi connectivity index (χ2v) is 4.01. The number of nitrogens with zero attached hydrogens (tertiary/aromatic N) is 2. The van der Waals surface area contributed by atoms with E-state index in [0.29, 0.717) is 17.1 Å². The molecule has 1 aliphatic heterocycles. The van der Waals surface area contributed by atoms with E-state index in [4.69, 9.17) is 5.26 Å². The molecule has 1 atom stereocenters. The predicted octanol–water partition coefficient (Wildman–Crippen LogP) is 0.717. The highest BCUT2D eigenvalue weighted by Gasteiger charge is 2.31. The van der Waals surface area contributed by atoms with E-state index in [0.717, 1.165) is 0 Å². The van der Waals surface area contributed by atoms with Gasteiger partial charge >= 0.3 is 0 Å². The molecule has 1 N–H and O–H groups in total. The maximum absolute atomic E-state index is 11.4. The second-order valence-electron chi connectivity index (χ2n) is 3.11. The van der Waals surface area contributed by atoms with Gasteiger partial charge in [0.05, 0.1) is 24.6 Å². The van der Waals surface area contributed by atoms with Crippen LogP contribution in [0.2, 0.25) is 0 Å². The SMILES string of the molecule is N#Cc1ccsc1N1CC(O)CC1=O. The largest absolute Gasteiger partial charge is 0.391 e. The van der Waals surface area contributed by atoms with Crippen LogP contribution in [0.1, 0.15) is 12.0 Å². The van der Waals surface area contributed by atoms with Gasteiger partial charge in [0.15, 0.2) is 0 Å². The molecule has 0 aromatic carbocycles. The fourth-order valence-electron chi connectivity index (χ4n) is 1.48. The molecule has 0 spiro atoms. The van der Waals surface area contributed by atoms with Crippen molar-refractivity contribution in [1.82, 2.24) is 0 Å². The summed E-state index contributed by atoms with van der Waals surface area (Å²) >= 11 is 1.35. The summed E-state index contributed by atoms with van der Waals surface area (Å²) in [6.07, 6.45) is -0.445. The van der Waals surface area contributed by atoms with Crippen LogP contribution in [0.25, 0.3) is 0 Å². The van der Waals surface area contributed by atoms with Gasteiger partial charge in [-0.1, -0.05) is 0 Å². The van der Waals surface area contributed by atoms with Gasteiger partial charge in [-0.25, -0.2) is 0 Å². The molecule has 0 saturated carbocycles. The maximum atomic E-state index is 11.4. The Kier molecular flexibility index (Phi) is 2.23. The van der Waals surface area contributed by atoms with E-state index in [2.05, 4.69) is 0 Å². The van der Waals surface area contributed by atoms with Crippen LogP contribution >= 0.6 is 11.3 Å². The smallest absolute Gasteiger partial charge is 0.230 e. The predicted molar refractivity (Wildman–Crippen MR) is 52.0 cm³/mol. The van der Waals surface area contributed by atoms with Gasteiger partial charge in [0.2, 0.25) is 5.91 Å². The number of β-amino-alcohol motifs (C(OH)–C–C–N with tert-alkyl or cyclic N) is 1. The van der Waals surface area contributed by atoms with E-state index in [1.54, 1.807) is 11.4 Å². The first-order valence-corrected chi connectivity index (χ1v) is 5.06. The van der Waals surface area contributed by atoms with Crippen LogP contribution < -0.4 is 4.90 Å². The third-order valence-electron chi connectivity index (χ3n) is 2.12. The van der Waals surface area contributed by atoms with Crippen molar-refractivity contribution in [2.75, 3.05) is 11.4 Å². The number of hydrogen-bond donors (Lipinski definition) is 1. The molecular weight excluding hydrogens is 200 g/mol. The molecule has 1 saturated heterocycles. The average Bonchev–Trinajstić information content (AvgIpc) is 2.71. The highest BCUT2D eigenvalue weighted by molar-refractivity contribution is 7.14. The average molecular weight is 208 g/mol. The number of aliphatic hydroxyl groups excluding tert-OH is 1. The van der Waals surface area contributed by atoms with E-state index in [1.807, 2.05) is 6.07 Å². The number of anilines is 1. The molecule has 5 heteroatoms. The Labute approximate surface area is 85.0 Å². The molecule has 1 aromatic rings. The first kappa shape index (κ1) is 9.19. The Hall–Kier alpha value is -1.38. The molecule has 1 amide bonds. The number of hydrogen-bond acceptors (Lipinski definition) is 4. The van der Waals surface area contributed by atoms with Crippen molar-refractivity contribution in [3.05, 3.63) is 17.0 Å². The van der Waals surface area contributed by atoms with Crippen LogP contribution in [0.5, 0.6) is 0 Å². The first-order valence-electron chi connectivity index (χ1n) is 4.18. The molecule has 4 nitrogen and oxygen atoms in total. The van der Waals surface area contributed by atoms with Crippen LogP contribution in [-0.2, 0) is 4.79 Å². The van der Waals surface area contributed by atoms with Crippen LogP contribution in [0.15, 0.2) is 11.4 Å². The van der Waals surface area contributed by atoms with E-state index in [1.165, 1.54) is 16.2 Å². The summed E-state index contributed by atoms with van der Waals surface area (Å²) in [5.74, 6) is -0.114. The molecule has 1 fully saturated rings. The van der Waals surface area contributed by atoms with Crippen molar-refractivity contribution in [3.8, 4) is 6.07 Å². The molecule has 0 aliphatic carbocycles. The Morgan fingerprint density at radius 1 is 1.71 bits per heavy atom. The fourth-order valence-corrected chi connectivity index (χ4v) is 2.36. The fraction of sp³-hybridized carbons (Fsp3) is 0.333. The zero-order valence-electron chi connectivity index (χ0n) is 7.30. The molecule has 72 valence electrons. The van der Waals surface area contributed by atoms with Crippen molar-refractivity contribution in [2.45, 2.75) is 12.5 Å². The lowest BCUT2D eigenvalue weighted by Gasteiger charge is -2.13. The molecule has 1 aromatic heterocycles. The van der Waals surface area contributed by atoms with Gasteiger partial charge in [0, 0.05) is 0 Å². The maximum Gasteiger partial charge on any atom is 0.230 e. The van der Waals surface area contributed by atoms with E-state index < -0.39 is 6.10 Å². The van der Waals surface area contributed by atoms with E-state index in [-0.39, 0.29) is 12.3 Å². The lowest BCUT2D eigenvalue weighted by atomic mass is 10.3. The minimum Gasteiger partial charge on any atom is -0.391 e. The minimum absolute atomic E-state index is 0.114. The van der Waals surface area contributed by atoms with Crippen LogP contribution in [0.4, 0.5) is 5.00 Å². The highest BCUT2D eigenvalue weighted by atomic mass is 32.1. The monoisotopic (exact) mass is 208 g/mol. The molecule has 0 bridgehead atoms. The standard InChI is InChI=1S/C9H8N2O2S/c10-4-6-1-2-14-9(6)11-5-7(12)3-8(11)13/h1-2,7,12H,3,5H2. The summed E-state index contributed by atoms with van der Waals surface area (Å²) in [5.41, 5.74) is 0.498. The summed E-state index contributed by atoms with van der Waals surface area (Å²) < 4.78 is 0. The lowest BCUT2D eigenvalue weighted by molar-refractivity contribution is -0.117. The van der Waals surface area contributed by atoms with Gasteiger partial charge in [0.25, 0.3) is 0 Å². The molecule has 14 heavy (non-hydrogen) atoms. The first-order chi connectivity index (χ1) is 6.72. The lowest BCUT2D eigenvalue weighted by Crippen LogP contribution is -2.24. The summed E-state index contributed by atoms with van der Waals surface area (Å²) in [7, 11) is 0. The van der Waals surface area contributed by atoms with Crippen molar-refractivity contribution < 1.29 is 9.90 Å². The zero-order valence-corrected chi connectivity index (χ0v) is 8.12. The Bertz CT molecular complexity index is 407. The minimum atomic E-state index is -0.601. The molecule has 2 heterocycles. The van der Waals surface area contributed by atoms with E-state index >= 15 is 0 Å². The van der Waals surface area contributed by atoms with Crippen molar-refractivity contribution >= 4 is 22.2 Å². The van der Waals surface area contributed by atoms with Crippen molar-refractivity contribution in [1.29, 1.82) is 5.26 Å². The highest BCUT2D eigenvalue weighted by Crippen LogP contribution is 2.30. The topological polar surface area (TPSA) is 64.3 Å². The van der Waals surface area contributed by atoms with E-state index in [9.17, 15) is 9.90 Å². The molecule has 2 rings (SSSR count). The van der Waals surface area contributed by atoms with Gasteiger partial charge in [-0.3, -0.25) is 9.69 Å². The Morgan fingerprint density at radius 3 is 3.07 bits per heavy atom. The third-order valence-corrected chi connectivity index (χ3v) is 3.05. The summed E-state index contributed by atoms with van der Waals surface area (Å²) in [4.78, 5) is 12.9. The molecule has 1 aliphatic rings. The van der Waals surface area contributed by atoms with Crippen LogP contribution in [-0.4, -0.2) is 23.7 Å². The number of amides is 1. The van der Waals surface area contributed by atoms with Gasteiger partial charge in [0.1, 0.15) is 11.1 Å². The Morgan fingerprint density at radius 2 is 2.50 bits per heavy atom. The number of thiophene rings is 1. The number of rotatable bonds is 1. The zero-order chi connectivity index (χ0) is 10.1.